The van der Waals surface area contributed by atoms with E-state index in [0.29, 0.717) is 30.4 Å². The molecule has 3 N–H and O–H groups in total. The number of hydrogen-bond donors (Lipinski definition) is 3. The van der Waals surface area contributed by atoms with E-state index in [1.807, 2.05) is 0 Å². The van der Waals surface area contributed by atoms with Crippen LogP contribution in [0, 0.1) is 0 Å². The number of anilines is 2. The first kappa shape index (κ1) is 13.1. The average Bonchev–Trinajstić information content (AvgIpc) is 2.86. The zero-order valence-electron chi connectivity index (χ0n) is 11.2. The number of carbonyl (C=O) groups is 1. The van der Waals surface area contributed by atoms with Gasteiger partial charge in [-0.15, -0.1) is 0 Å². The predicted molar refractivity (Wildman–Crippen MR) is 73.0 cm³/mol. The molecule has 0 saturated heterocycles. The summed E-state index contributed by atoms with van der Waals surface area (Å²) in [4.78, 5) is 28.6. The Morgan fingerprint density at radius 2 is 2.21 bits per heavy atom. The van der Waals surface area contributed by atoms with Crippen molar-refractivity contribution >= 4 is 28.8 Å². The van der Waals surface area contributed by atoms with E-state index in [1.54, 1.807) is 32.4 Å². The van der Waals surface area contributed by atoms with Gasteiger partial charge in [-0.25, -0.2) is 4.98 Å². The van der Waals surface area contributed by atoms with Crippen LogP contribution in [0.4, 0.5) is 11.8 Å². The summed E-state index contributed by atoms with van der Waals surface area (Å²) in [6, 6.07) is 0. The van der Waals surface area contributed by atoms with Crippen molar-refractivity contribution in [3.63, 3.8) is 0 Å². The smallest absolute Gasteiger partial charge is 0.226 e. The van der Waals surface area contributed by atoms with Gasteiger partial charge in [-0.1, -0.05) is 0 Å². The minimum Gasteiger partial charge on any atom is -0.368 e. The first-order valence-electron chi connectivity index (χ1n) is 5.94. The van der Waals surface area contributed by atoms with Crippen LogP contribution in [-0.2, 0) is 4.79 Å². The van der Waals surface area contributed by atoms with Gasteiger partial charge in [0.15, 0.2) is 11.5 Å². The lowest BCUT2D eigenvalue weighted by Gasteiger charge is -2.11. The van der Waals surface area contributed by atoms with E-state index in [4.69, 9.17) is 0 Å². The molecule has 0 bridgehead atoms. The molecule has 2 rings (SSSR count). The molecule has 2 aromatic rings. The maximum Gasteiger partial charge on any atom is 0.226 e. The van der Waals surface area contributed by atoms with Gasteiger partial charge in [0.05, 0.1) is 6.33 Å². The molecule has 0 saturated carbocycles. The third kappa shape index (κ3) is 2.90. The number of H-pyrrole nitrogens is 1. The number of carbonyl (C=O) groups excluding carboxylic acids is 1. The zero-order chi connectivity index (χ0) is 13.8. The van der Waals surface area contributed by atoms with E-state index < -0.39 is 0 Å². The summed E-state index contributed by atoms with van der Waals surface area (Å²) in [5.74, 6) is 1.19. The molecule has 0 unspecified atom stereocenters. The second-order valence-electron chi connectivity index (χ2n) is 4.21. The lowest BCUT2D eigenvalue weighted by Crippen LogP contribution is -2.24. The number of imidazole rings is 1. The monoisotopic (exact) mass is 263 g/mol. The molecule has 2 aromatic heterocycles. The Morgan fingerprint density at radius 1 is 1.42 bits per heavy atom. The van der Waals surface area contributed by atoms with E-state index in [0.717, 1.165) is 5.52 Å². The van der Waals surface area contributed by atoms with Crippen molar-refractivity contribution in [2.24, 2.45) is 0 Å². The summed E-state index contributed by atoms with van der Waals surface area (Å²) in [6.07, 6.45) is 1.97. The summed E-state index contributed by atoms with van der Waals surface area (Å²) in [5.41, 5.74) is 1.32. The number of aromatic nitrogens is 4. The Balaban J connectivity index is 2.11. The SMILES string of the molecule is CNc1nc(NCCC(=O)N(C)C)c2[nH]cnc2n1. The fourth-order valence-electron chi connectivity index (χ4n) is 1.58. The summed E-state index contributed by atoms with van der Waals surface area (Å²) in [6.45, 7) is 0.505. The predicted octanol–water partition coefficient (Wildman–Crippen LogP) is 0.285. The molecule has 0 aliphatic carbocycles. The quantitative estimate of drug-likeness (QED) is 0.717. The summed E-state index contributed by atoms with van der Waals surface area (Å²) in [7, 11) is 5.21. The van der Waals surface area contributed by atoms with E-state index in [-0.39, 0.29) is 5.91 Å². The van der Waals surface area contributed by atoms with Crippen molar-refractivity contribution < 1.29 is 4.79 Å². The zero-order valence-corrected chi connectivity index (χ0v) is 11.2. The fourth-order valence-corrected chi connectivity index (χ4v) is 1.58. The standard InChI is InChI=1S/C11H17N7O/c1-12-11-16-9(8-10(17-11)15-6-14-8)13-5-4-7(19)18(2)3/h6H,4-5H2,1-3H3,(H3,12,13,14,15,16,17). The van der Waals surface area contributed by atoms with Crippen LogP contribution in [0.5, 0.6) is 0 Å². The highest BCUT2D eigenvalue weighted by molar-refractivity contribution is 5.84. The van der Waals surface area contributed by atoms with Gasteiger partial charge in [0.1, 0.15) is 5.52 Å². The normalized spacial score (nSPS) is 10.5. The summed E-state index contributed by atoms with van der Waals surface area (Å²) >= 11 is 0. The Hall–Kier alpha value is -2.38. The molecule has 102 valence electrons. The maximum atomic E-state index is 11.5. The molecule has 8 heteroatoms. The van der Waals surface area contributed by atoms with Gasteiger partial charge in [0.25, 0.3) is 0 Å². The van der Waals surface area contributed by atoms with Crippen molar-refractivity contribution in [1.82, 2.24) is 24.8 Å². The first-order chi connectivity index (χ1) is 9.11. The minimum atomic E-state index is 0.0660. The summed E-state index contributed by atoms with van der Waals surface area (Å²) in [5, 5.41) is 6.00. The molecular formula is C11H17N7O. The molecule has 0 spiro atoms. The van der Waals surface area contributed by atoms with Gasteiger partial charge in [0.2, 0.25) is 11.9 Å². The molecule has 0 aliphatic heterocycles. The molecular weight excluding hydrogens is 246 g/mol. The second kappa shape index (κ2) is 5.51. The number of rotatable bonds is 5. The number of aromatic amines is 1. The number of hydrogen-bond acceptors (Lipinski definition) is 6. The van der Waals surface area contributed by atoms with Crippen LogP contribution < -0.4 is 10.6 Å². The van der Waals surface area contributed by atoms with Crippen LogP contribution in [0.1, 0.15) is 6.42 Å². The third-order valence-corrected chi connectivity index (χ3v) is 2.64. The minimum absolute atomic E-state index is 0.0660. The van der Waals surface area contributed by atoms with Gasteiger partial charge < -0.3 is 20.5 Å². The lowest BCUT2D eigenvalue weighted by atomic mass is 10.3. The number of nitrogens with one attached hydrogen (secondary N) is 3. The average molecular weight is 263 g/mol. The Bertz CT molecular complexity index is 577. The fraction of sp³-hybridized carbons (Fsp3) is 0.455. The molecule has 19 heavy (non-hydrogen) atoms. The van der Waals surface area contributed by atoms with Gasteiger partial charge >= 0.3 is 0 Å². The van der Waals surface area contributed by atoms with E-state index >= 15 is 0 Å². The van der Waals surface area contributed by atoms with Crippen molar-refractivity contribution in [2.75, 3.05) is 38.3 Å². The van der Waals surface area contributed by atoms with Crippen molar-refractivity contribution in [3.8, 4) is 0 Å². The van der Waals surface area contributed by atoms with Gasteiger partial charge in [0, 0.05) is 34.1 Å². The van der Waals surface area contributed by atoms with Crippen molar-refractivity contribution in [3.05, 3.63) is 6.33 Å². The molecule has 8 nitrogen and oxygen atoms in total. The highest BCUT2D eigenvalue weighted by atomic mass is 16.2. The molecule has 0 radical (unpaired) electrons. The van der Waals surface area contributed by atoms with Crippen LogP contribution in [0.25, 0.3) is 11.2 Å². The number of amides is 1. The first-order valence-corrected chi connectivity index (χ1v) is 5.94. The maximum absolute atomic E-state index is 11.5. The number of fused-ring (bicyclic) bond motifs is 1. The van der Waals surface area contributed by atoms with Crippen molar-refractivity contribution in [1.29, 1.82) is 0 Å². The molecule has 0 aliphatic rings. The van der Waals surface area contributed by atoms with Gasteiger partial charge in [-0.2, -0.15) is 9.97 Å². The Labute approximate surface area is 110 Å². The van der Waals surface area contributed by atoms with Crippen LogP contribution in [0.2, 0.25) is 0 Å². The molecule has 1 amide bonds. The highest BCUT2D eigenvalue weighted by Gasteiger charge is 2.10. The largest absolute Gasteiger partial charge is 0.368 e. The number of nitrogens with zero attached hydrogens (tertiary/aromatic N) is 4. The second-order valence-corrected chi connectivity index (χ2v) is 4.21. The Morgan fingerprint density at radius 3 is 2.89 bits per heavy atom. The van der Waals surface area contributed by atoms with Crippen LogP contribution in [0.15, 0.2) is 6.33 Å². The van der Waals surface area contributed by atoms with Crippen molar-refractivity contribution in [2.45, 2.75) is 6.42 Å². The van der Waals surface area contributed by atoms with E-state index in [2.05, 4.69) is 30.6 Å². The van der Waals surface area contributed by atoms with Crippen LogP contribution in [0.3, 0.4) is 0 Å². The van der Waals surface area contributed by atoms with E-state index in [1.165, 1.54) is 0 Å². The summed E-state index contributed by atoms with van der Waals surface area (Å²) < 4.78 is 0. The molecule has 0 fully saturated rings. The van der Waals surface area contributed by atoms with Crippen LogP contribution in [-0.4, -0.2) is 58.4 Å². The van der Waals surface area contributed by atoms with E-state index in [9.17, 15) is 4.79 Å². The Kier molecular flexibility index (Phi) is 3.79. The molecule has 0 atom stereocenters. The van der Waals surface area contributed by atoms with Gasteiger partial charge in [-0.3, -0.25) is 4.79 Å². The van der Waals surface area contributed by atoms with Gasteiger partial charge in [-0.05, 0) is 0 Å². The topological polar surface area (TPSA) is 98.8 Å². The highest BCUT2D eigenvalue weighted by Crippen LogP contribution is 2.18. The van der Waals surface area contributed by atoms with Crippen LogP contribution >= 0.6 is 0 Å². The molecule has 0 aromatic carbocycles. The lowest BCUT2D eigenvalue weighted by molar-refractivity contribution is -0.128. The molecule has 2 heterocycles. The third-order valence-electron chi connectivity index (χ3n) is 2.64.